The molecule has 0 spiro atoms. The van der Waals surface area contributed by atoms with Crippen LogP contribution < -0.4 is 5.32 Å². The van der Waals surface area contributed by atoms with E-state index in [1.165, 1.54) is 10.6 Å². The third-order valence-electron chi connectivity index (χ3n) is 2.63. The van der Waals surface area contributed by atoms with E-state index in [9.17, 15) is 0 Å². The summed E-state index contributed by atoms with van der Waals surface area (Å²) < 4.78 is 0. The number of para-hydroxylation sites is 1. The summed E-state index contributed by atoms with van der Waals surface area (Å²) in [6.07, 6.45) is 1.94. The van der Waals surface area contributed by atoms with E-state index < -0.39 is 0 Å². The monoisotopic (exact) mass is 235 g/mol. The molecule has 2 heteroatoms. The van der Waals surface area contributed by atoms with Crippen LogP contribution in [0.4, 0.5) is 5.69 Å². The Morgan fingerprint density at radius 1 is 1.31 bits per heavy atom. The van der Waals surface area contributed by atoms with Gasteiger partial charge in [-0.25, -0.2) is 0 Å². The van der Waals surface area contributed by atoms with Crippen molar-refractivity contribution < 1.29 is 0 Å². The van der Waals surface area contributed by atoms with Gasteiger partial charge in [0.25, 0.3) is 0 Å². The molecule has 1 N–H and O–H groups in total. The van der Waals surface area contributed by atoms with Gasteiger partial charge >= 0.3 is 0 Å². The molecule has 1 rings (SSSR count). The van der Waals surface area contributed by atoms with Gasteiger partial charge in [0.1, 0.15) is 0 Å². The van der Waals surface area contributed by atoms with Gasteiger partial charge in [-0.2, -0.15) is 0 Å². The van der Waals surface area contributed by atoms with E-state index in [2.05, 4.69) is 56.9 Å². The van der Waals surface area contributed by atoms with Crippen LogP contribution in [0.2, 0.25) is 0 Å². The zero-order valence-electron chi connectivity index (χ0n) is 10.4. The number of rotatable bonds is 6. The number of nitrogens with one attached hydrogen (secondary N) is 1. The Hall–Kier alpha value is -0.890. The van der Waals surface area contributed by atoms with E-state index in [-0.39, 0.29) is 0 Å². The van der Waals surface area contributed by atoms with Crippen LogP contribution in [-0.2, 0) is 0 Å². The lowest BCUT2D eigenvalue weighted by molar-refractivity contribution is 0.559. The van der Waals surface area contributed by atoms with Crippen molar-refractivity contribution in [3.8, 4) is 0 Å². The molecule has 1 unspecified atom stereocenters. The predicted octanol–water partition coefficient (Wildman–Crippen LogP) is 4.42. The molecule has 0 aliphatic rings. The zero-order valence-corrected chi connectivity index (χ0v) is 11.2. The van der Waals surface area contributed by atoms with Gasteiger partial charge in [-0.1, -0.05) is 32.1 Å². The Bertz CT molecular complexity index is 333. The summed E-state index contributed by atoms with van der Waals surface area (Å²) in [5.41, 5.74) is 1.23. The maximum atomic E-state index is 3.75. The van der Waals surface area contributed by atoms with E-state index in [1.54, 1.807) is 0 Å². The standard InChI is InChI=1S/C14H21NS/c1-5-10-16-14-9-7-6-8-13(14)15-12(4)11(2)3/h5-9,11-12,15H,1,10H2,2-4H3. The lowest BCUT2D eigenvalue weighted by Crippen LogP contribution is -2.21. The zero-order chi connectivity index (χ0) is 12.0. The first kappa shape index (κ1) is 13.2. The average molecular weight is 235 g/mol. The fraction of sp³-hybridized carbons (Fsp3) is 0.429. The Kier molecular flexibility index (Phi) is 5.47. The van der Waals surface area contributed by atoms with Crippen molar-refractivity contribution in [3.05, 3.63) is 36.9 Å². The highest BCUT2D eigenvalue weighted by molar-refractivity contribution is 7.99. The Labute approximate surface area is 103 Å². The molecule has 1 aromatic rings. The molecule has 0 bridgehead atoms. The molecule has 1 atom stereocenters. The topological polar surface area (TPSA) is 12.0 Å². The Morgan fingerprint density at radius 3 is 2.62 bits per heavy atom. The summed E-state index contributed by atoms with van der Waals surface area (Å²) in [5.74, 6) is 1.59. The molecular formula is C14H21NS. The van der Waals surface area contributed by atoms with Gasteiger partial charge in [0.2, 0.25) is 0 Å². The number of benzene rings is 1. The number of thioether (sulfide) groups is 1. The third-order valence-corrected chi connectivity index (χ3v) is 3.70. The second kappa shape index (κ2) is 6.64. The van der Waals surface area contributed by atoms with Crippen LogP contribution >= 0.6 is 11.8 Å². The van der Waals surface area contributed by atoms with Crippen molar-refractivity contribution in [2.75, 3.05) is 11.1 Å². The van der Waals surface area contributed by atoms with Crippen LogP contribution in [0.15, 0.2) is 41.8 Å². The lowest BCUT2D eigenvalue weighted by atomic mass is 10.1. The maximum Gasteiger partial charge on any atom is 0.0480 e. The first-order valence-corrected chi connectivity index (χ1v) is 6.73. The second-order valence-corrected chi connectivity index (χ2v) is 5.33. The summed E-state index contributed by atoms with van der Waals surface area (Å²) in [7, 11) is 0. The molecule has 0 aliphatic carbocycles. The molecule has 0 aliphatic heterocycles. The summed E-state index contributed by atoms with van der Waals surface area (Å²) in [6.45, 7) is 10.4. The number of anilines is 1. The van der Waals surface area contributed by atoms with Gasteiger partial charge in [0.15, 0.2) is 0 Å². The average Bonchev–Trinajstić information content (AvgIpc) is 2.27. The van der Waals surface area contributed by atoms with E-state index >= 15 is 0 Å². The summed E-state index contributed by atoms with van der Waals surface area (Å²) in [6, 6.07) is 8.95. The van der Waals surface area contributed by atoms with Crippen LogP contribution in [0, 0.1) is 5.92 Å². The van der Waals surface area contributed by atoms with Crippen molar-refractivity contribution in [3.63, 3.8) is 0 Å². The van der Waals surface area contributed by atoms with Gasteiger partial charge in [-0.05, 0) is 25.0 Å². The first-order valence-electron chi connectivity index (χ1n) is 5.74. The van der Waals surface area contributed by atoms with Gasteiger partial charge in [-0.3, -0.25) is 0 Å². The maximum absolute atomic E-state index is 3.75. The van der Waals surface area contributed by atoms with Crippen molar-refractivity contribution in [2.45, 2.75) is 31.7 Å². The van der Waals surface area contributed by atoms with Crippen molar-refractivity contribution in [1.29, 1.82) is 0 Å². The Balaban J connectivity index is 2.73. The van der Waals surface area contributed by atoms with E-state index in [4.69, 9.17) is 0 Å². The molecule has 1 nitrogen and oxygen atoms in total. The largest absolute Gasteiger partial charge is 0.381 e. The third kappa shape index (κ3) is 3.93. The fourth-order valence-electron chi connectivity index (χ4n) is 1.27. The minimum absolute atomic E-state index is 0.491. The van der Waals surface area contributed by atoms with Crippen LogP contribution in [-0.4, -0.2) is 11.8 Å². The van der Waals surface area contributed by atoms with Crippen molar-refractivity contribution >= 4 is 17.4 Å². The highest BCUT2D eigenvalue weighted by atomic mass is 32.2. The molecule has 88 valence electrons. The Morgan fingerprint density at radius 2 is 2.00 bits per heavy atom. The van der Waals surface area contributed by atoms with Crippen molar-refractivity contribution in [2.24, 2.45) is 5.92 Å². The molecular weight excluding hydrogens is 214 g/mol. The number of hydrogen-bond donors (Lipinski definition) is 1. The second-order valence-electron chi connectivity index (χ2n) is 4.27. The minimum atomic E-state index is 0.491. The smallest absolute Gasteiger partial charge is 0.0480 e. The summed E-state index contributed by atoms with van der Waals surface area (Å²) >= 11 is 1.82. The normalized spacial score (nSPS) is 12.5. The van der Waals surface area contributed by atoms with Crippen LogP contribution in [0.3, 0.4) is 0 Å². The minimum Gasteiger partial charge on any atom is -0.381 e. The van der Waals surface area contributed by atoms with Gasteiger partial charge in [-0.15, -0.1) is 18.3 Å². The summed E-state index contributed by atoms with van der Waals surface area (Å²) in [4.78, 5) is 1.30. The molecule has 0 saturated carbocycles. The van der Waals surface area contributed by atoms with E-state index in [1.807, 2.05) is 17.8 Å². The molecule has 16 heavy (non-hydrogen) atoms. The predicted molar refractivity (Wildman–Crippen MR) is 75.3 cm³/mol. The molecule has 0 heterocycles. The van der Waals surface area contributed by atoms with Crippen LogP contribution in [0.1, 0.15) is 20.8 Å². The highest BCUT2D eigenvalue weighted by Crippen LogP contribution is 2.28. The SMILES string of the molecule is C=CCSc1ccccc1NC(C)C(C)C. The quantitative estimate of drug-likeness (QED) is 0.578. The van der Waals surface area contributed by atoms with Crippen molar-refractivity contribution in [1.82, 2.24) is 0 Å². The molecule has 0 radical (unpaired) electrons. The first-order chi connectivity index (χ1) is 7.65. The van der Waals surface area contributed by atoms with Gasteiger partial charge < -0.3 is 5.32 Å². The molecule has 1 aromatic carbocycles. The number of hydrogen-bond acceptors (Lipinski definition) is 2. The summed E-state index contributed by atoms with van der Waals surface area (Å²) in [5, 5.41) is 3.56. The van der Waals surface area contributed by atoms with Crippen LogP contribution in [0.5, 0.6) is 0 Å². The fourth-order valence-corrected chi connectivity index (χ4v) is 2.03. The van der Waals surface area contributed by atoms with Gasteiger partial charge in [0.05, 0.1) is 0 Å². The molecule has 0 aromatic heterocycles. The van der Waals surface area contributed by atoms with Crippen LogP contribution in [0.25, 0.3) is 0 Å². The van der Waals surface area contributed by atoms with E-state index in [0.717, 1.165) is 5.75 Å². The lowest BCUT2D eigenvalue weighted by Gasteiger charge is -2.20. The van der Waals surface area contributed by atoms with Gasteiger partial charge in [0, 0.05) is 22.4 Å². The molecule has 0 fully saturated rings. The van der Waals surface area contributed by atoms with E-state index in [0.29, 0.717) is 12.0 Å². The molecule has 0 saturated heterocycles. The highest BCUT2D eigenvalue weighted by Gasteiger charge is 2.08. The molecule has 0 amide bonds.